The summed E-state index contributed by atoms with van der Waals surface area (Å²) in [6.07, 6.45) is -4.74. The number of halogens is 3. The zero-order valence-electron chi connectivity index (χ0n) is 10.5. The van der Waals surface area contributed by atoms with E-state index >= 15 is 0 Å². The molecule has 0 aliphatic carbocycles. The molecule has 0 aliphatic rings. The average molecular weight is 277 g/mol. The molecule has 0 saturated heterocycles. The van der Waals surface area contributed by atoms with Crippen molar-refractivity contribution in [1.29, 1.82) is 5.26 Å². The van der Waals surface area contributed by atoms with E-state index in [1.807, 2.05) is 6.07 Å². The summed E-state index contributed by atoms with van der Waals surface area (Å²) in [5, 5.41) is 8.86. The molecule has 0 spiro atoms. The Morgan fingerprint density at radius 1 is 1.10 bits per heavy atom. The highest BCUT2D eigenvalue weighted by Crippen LogP contribution is 2.34. The van der Waals surface area contributed by atoms with E-state index in [1.54, 1.807) is 37.3 Å². The van der Waals surface area contributed by atoms with Crippen LogP contribution in [0.4, 0.5) is 13.2 Å². The Morgan fingerprint density at radius 3 is 2.40 bits per heavy atom. The largest absolute Gasteiger partial charge is 0.573 e. The highest BCUT2D eigenvalue weighted by Gasteiger charge is 2.32. The van der Waals surface area contributed by atoms with Crippen LogP contribution >= 0.6 is 0 Å². The molecule has 2 aromatic rings. The summed E-state index contributed by atoms with van der Waals surface area (Å²) in [6, 6.07) is 12.8. The van der Waals surface area contributed by atoms with Crippen molar-refractivity contribution < 1.29 is 17.9 Å². The van der Waals surface area contributed by atoms with Crippen LogP contribution in [-0.2, 0) is 0 Å². The van der Waals surface area contributed by atoms with Crippen LogP contribution in [0.25, 0.3) is 11.1 Å². The summed E-state index contributed by atoms with van der Waals surface area (Å²) in [7, 11) is 0. The fourth-order valence-corrected chi connectivity index (χ4v) is 1.88. The normalized spacial score (nSPS) is 10.9. The van der Waals surface area contributed by atoms with Crippen molar-refractivity contribution >= 4 is 0 Å². The lowest BCUT2D eigenvalue weighted by Gasteiger charge is -2.13. The fourth-order valence-electron chi connectivity index (χ4n) is 1.88. The Kier molecular flexibility index (Phi) is 3.66. The van der Waals surface area contributed by atoms with Crippen LogP contribution in [0.1, 0.15) is 11.1 Å². The minimum absolute atomic E-state index is 0.260. The third-order valence-electron chi connectivity index (χ3n) is 2.77. The number of ether oxygens (including phenoxy) is 1. The number of benzene rings is 2. The Balaban J connectivity index is 2.48. The number of aryl methyl sites for hydroxylation is 1. The van der Waals surface area contributed by atoms with Gasteiger partial charge in [-0.25, -0.2) is 0 Å². The fraction of sp³-hybridized carbons (Fsp3) is 0.133. The molecule has 0 atom stereocenters. The van der Waals surface area contributed by atoms with Crippen LogP contribution in [0.5, 0.6) is 5.75 Å². The van der Waals surface area contributed by atoms with E-state index in [1.165, 1.54) is 12.1 Å². The van der Waals surface area contributed by atoms with Crippen molar-refractivity contribution in [2.75, 3.05) is 0 Å². The summed E-state index contributed by atoms with van der Waals surface area (Å²) >= 11 is 0. The van der Waals surface area contributed by atoms with Gasteiger partial charge in [0.15, 0.2) is 0 Å². The zero-order chi connectivity index (χ0) is 14.8. The quantitative estimate of drug-likeness (QED) is 0.813. The number of nitriles is 1. The predicted octanol–water partition coefficient (Wildman–Crippen LogP) is 4.43. The van der Waals surface area contributed by atoms with Gasteiger partial charge in [0.05, 0.1) is 11.6 Å². The highest BCUT2D eigenvalue weighted by molar-refractivity contribution is 5.71. The van der Waals surface area contributed by atoms with Gasteiger partial charge in [-0.05, 0) is 36.2 Å². The lowest BCUT2D eigenvalue weighted by molar-refractivity contribution is -0.274. The van der Waals surface area contributed by atoms with Crippen LogP contribution in [0.3, 0.4) is 0 Å². The Labute approximate surface area is 114 Å². The van der Waals surface area contributed by atoms with Crippen LogP contribution in [-0.4, -0.2) is 6.36 Å². The maximum Gasteiger partial charge on any atom is 0.573 e. The van der Waals surface area contributed by atoms with E-state index in [4.69, 9.17) is 5.26 Å². The molecular weight excluding hydrogens is 267 g/mol. The molecule has 2 aromatic carbocycles. The van der Waals surface area contributed by atoms with Crippen LogP contribution in [0.2, 0.25) is 0 Å². The molecule has 0 amide bonds. The second-order valence-electron chi connectivity index (χ2n) is 4.19. The van der Waals surface area contributed by atoms with Crippen molar-refractivity contribution in [1.82, 2.24) is 0 Å². The first-order chi connectivity index (χ1) is 9.40. The Hall–Kier alpha value is -2.48. The first kappa shape index (κ1) is 13.9. The van der Waals surface area contributed by atoms with Crippen molar-refractivity contribution in [3.63, 3.8) is 0 Å². The van der Waals surface area contributed by atoms with Gasteiger partial charge in [-0.1, -0.05) is 24.3 Å². The number of alkyl halides is 3. The molecular formula is C15H10F3NO. The van der Waals surface area contributed by atoms with E-state index in [0.29, 0.717) is 22.3 Å². The second kappa shape index (κ2) is 5.25. The molecule has 5 heteroatoms. The van der Waals surface area contributed by atoms with Crippen molar-refractivity contribution in [3.05, 3.63) is 53.6 Å². The lowest BCUT2D eigenvalue weighted by Crippen LogP contribution is -2.17. The minimum Gasteiger partial charge on any atom is -0.405 e. The number of hydrogen-bond acceptors (Lipinski definition) is 2. The molecule has 0 unspecified atom stereocenters. The summed E-state index contributed by atoms with van der Waals surface area (Å²) in [6.45, 7) is 1.73. The first-order valence-electron chi connectivity index (χ1n) is 5.76. The van der Waals surface area contributed by atoms with Gasteiger partial charge in [-0.15, -0.1) is 13.2 Å². The number of rotatable bonds is 2. The molecule has 0 heterocycles. The zero-order valence-corrected chi connectivity index (χ0v) is 10.5. The van der Waals surface area contributed by atoms with Gasteiger partial charge in [0, 0.05) is 5.56 Å². The first-order valence-corrected chi connectivity index (χ1v) is 5.76. The minimum atomic E-state index is -4.74. The van der Waals surface area contributed by atoms with Crippen LogP contribution in [0.15, 0.2) is 42.5 Å². The van der Waals surface area contributed by atoms with Crippen molar-refractivity contribution in [2.24, 2.45) is 0 Å². The number of hydrogen-bond donors (Lipinski definition) is 0. The Morgan fingerprint density at radius 2 is 1.80 bits per heavy atom. The standard InChI is InChI=1S/C15H10F3NO/c1-10-8-11(6-7-12(10)9-19)13-4-2-3-5-14(13)20-15(16,17)18/h2-8H,1H3. The SMILES string of the molecule is Cc1cc(-c2ccccc2OC(F)(F)F)ccc1C#N. The summed E-state index contributed by atoms with van der Waals surface area (Å²) in [5.41, 5.74) is 2.09. The van der Waals surface area contributed by atoms with Gasteiger partial charge in [0.25, 0.3) is 0 Å². The number of nitrogens with zero attached hydrogens (tertiary/aromatic N) is 1. The smallest absolute Gasteiger partial charge is 0.405 e. The average Bonchev–Trinajstić information content (AvgIpc) is 2.37. The van der Waals surface area contributed by atoms with Gasteiger partial charge in [0.2, 0.25) is 0 Å². The molecule has 0 fully saturated rings. The van der Waals surface area contributed by atoms with Gasteiger partial charge in [-0.3, -0.25) is 0 Å². The molecule has 0 aliphatic heterocycles. The molecule has 0 radical (unpaired) electrons. The van der Waals surface area contributed by atoms with Crippen LogP contribution in [0, 0.1) is 18.3 Å². The Bertz CT molecular complexity index is 672. The van der Waals surface area contributed by atoms with Crippen molar-refractivity contribution in [3.8, 4) is 22.9 Å². The summed E-state index contributed by atoms with van der Waals surface area (Å²) in [5.74, 6) is -0.260. The van der Waals surface area contributed by atoms with E-state index in [-0.39, 0.29) is 5.75 Å². The third kappa shape index (κ3) is 3.09. The lowest BCUT2D eigenvalue weighted by atomic mass is 10.00. The molecule has 102 valence electrons. The van der Waals surface area contributed by atoms with Gasteiger partial charge < -0.3 is 4.74 Å². The molecule has 20 heavy (non-hydrogen) atoms. The maximum absolute atomic E-state index is 12.4. The van der Waals surface area contributed by atoms with E-state index < -0.39 is 6.36 Å². The van der Waals surface area contributed by atoms with E-state index in [0.717, 1.165) is 0 Å². The topological polar surface area (TPSA) is 33.0 Å². The third-order valence-corrected chi connectivity index (χ3v) is 2.77. The summed E-state index contributed by atoms with van der Waals surface area (Å²) in [4.78, 5) is 0. The maximum atomic E-state index is 12.4. The monoisotopic (exact) mass is 277 g/mol. The molecule has 2 rings (SSSR count). The molecule has 0 N–H and O–H groups in total. The second-order valence-corrected chi connectivity index (χ2v) is 4.19. The van der Waals surface area contributed by atoms with Crippen molar-refractivity contribution in [2.45, 2.75) is 13.3 Å². The molecule has 0 saturated carbocycles. The molecule has 0 aromatic heterocycles. The molecule has 2 nitrogen and oxygen atoms in total. The predicted molar refractivity (Wildman–Crippen MR) is 68.0 cm³/mol. The van der Waals surface area contributed by atoms with Gasteiger partial charge >= 0.3 is 6.36 Å². The van der Waals surface area contributed by atoms with E-state index in [9.17, 15) is 13.2 Å². The van der Waals surface area contributed by atoms with Gasteiger partial charge in [-0.2, -0.15) is 5.26 Å². The summed E-state index contributed by atoms with van der Waals surface area (Å²) < 4.78 is 41.1. The van der Waals surface area contributed by atoms with E-state index in [2.05, 4.69) is 4.74 Å². The van der Waals surface area contributed by atoms with Gasteiger partial charge in [0.1, 0.15) is 5.75 Å². The van der Waals surface area contributed by atoms with Crippen LogP contribution < -0.4 is 4.74 Å². The molecule has 0 bridgehead atoms. The number of para-hydroxylation sites is 1. The highest BCUT2D eigenvalue weighted by atomic mass is 19.4.